The van der Waals surface area contributed by atoms with Gasteiger partial charge in [-0.25, -0.2) is 5.01 Å². The first-order valence-corrected chi connectivity index (χ1v) is 4.32. The summed E-state index contributed by atoms with van der Waals surface area (Å²) in [6.07, 6.45) is 3.95. The molecular weight excluding hydrogens is 124 g/mol. The van der Waals surface area contributed by atoms with Crippen LogP contribution in [-0.4, -0.2) is 24.1 Å². The third-order valence-corrected chi connectivity index (χ3v) is 1.74. The van der Waals surface area contributed by atoms with Crippen molar-refractivity contribution < 1.29 is 0 Å². The van der Waals surface area contributed by atoms with Crippen molar-refractivity contribution in [2.75, 3.05) is 13.1 Å². The van der Waals surface area contributed by atoms with Gasteiger partial charge in [0.05, 0.1) is 0 Å². The lowest BCUT2D eigenvalue weighted by atomic mass is 10.4. The normalized spacial score (nSPS) is 18.3. The first kappa shape index (κ1) is 8.02. The first-order valence-electron chi connectivity index (χ1n) is 4.32. The van der Waals surface area contributed by atoms with Gasteiger partial charge in [0.25, 0.3) is 0 Å². The molecule has 0 spiro atoms. The van der Waals surface area contributed by atoms with E-state index in [9.17, 15) is 0 Å². The second kappa shape index (κ2) is 3.94. The average molecular weight is 141 g/mol. The Hall–Kier alpha value is -0.0800. The van der Waals surface area contributed by atoms with E-state index in [2.05, 4.69) is 24.3 Å². The van der Waals surface area contributed by atoms with Crippen molar-refractivity contribution in [3.05, 3.63) is 0 Å². The van der Waals surface area contributed by atoms with Crippen LogP contribution in [-0.2, 0) is 0 Å². The molecule has 0 amide bonds. The molecular formula is C8H17N2. The minimum Gasteiger partial charge on any atom is -0.224 e. The molecule has 2 nitrogen and oxygen atoms in total. The van der Waals surface area contributed by atoms with Gasteiger partial charge in [-0.15, -0.1) is 0 Å². The van der Waals surface area contributed by atoms with Gasteiger partial charge in [-0.3, -0.25) is 0 Å². The molecule has 0 N–H and O–H groups in total. The summed E-state index contributed by atoms with van der Waals surface area (Å²) in [7, 11) is 0. The summed E-state index contributed by atoms with van der Waals surface area (Å²) in [6.45, 7) is 6.40. The minimum atomic E-state index is 0.805. The molecule has 0 saturated heterocycles. The van der Waals surface area contributed by atoms with E-state index in [1.54, 1.807) is 0 Å². The molecule has 2 heteroatoms. The first-order chi connectivity index (χ1) is 4.88. The van der Waals surface area contributed by atoms with Gasteiger partial charge in [-0.2, -0.15) is 5.43 Å². The van der Waals surface area contributed by atoms with Crippen molar-refractivity contribution in [3.8, 4) is 0 Å². The summed E-state index contributed by atoms with van der Waals surface area (Å²) in [6, 6.07) is 0.805. The largest absolute Gasteiger partial charge is 0.224 e. The number of hydrogen-bond donors (Lipinski definition) is 0. The molecule has 1 aliphatic rings. The van der Waals surface area contributed by atoms with Crippen LogP contribution in [0.1, 0.15) is 33.1 Å². The Morgan fingerprint density at radius 3 is 2.50 bits per heavy atom. The molecule has 0 aliphatic heterocycles. The van der Waals surface area contributed by atoms with E-state index in [0.717, 1.165) is 19.1 Å². The molecule has 1 aliphatic carbocycles. The fraction of sp³-hybridized carbons (Fsp3) is 1.00. The minimum absolute atomic E-state index is 0.805. The van der Waals surface area contributed by atoms with Crippen LogP contribution in [0.5, 0.6) is 0 Å². The average Bonchev–Trinajstić information content (AvgIpc) is 2.69. The van der Waals surface area contributed by atoms with Crippen LogP contribution in [0.2, 0.25) is 0 Å². The summed E-state index contributed by atoms with van der Waals surface area (Å²) in [5, 5.41) is 2.26. The Balaban J connectivity index is 2.13. The molecule has 1 fully saturated rings. The second-order valence-corrected chi connectivity index (χ2v) is 2.85. The van der Waals surface area contributed by atoms with Crippen LogP contribution in [0.15, 0.2) is 0 Å². The number of nitrogens with zero attached hydrogens (tertiary/aromatic N) is 2. The maximum atomic E-state index is 4.41. The Labute approximate surface area is 63.6 Å². The molecule has 0 aromatic heterocycles. The molecule has 0 bridgehead atoms. The summed E-state index contributed by atoms with van der Waals surface area (Å²) in [4.78, 5) is 0. The van der Waals surface area contributed by atoms with Gasteiger partial charge >= 0.3 is 0 Å². The van der Waals surface area contributed by atoms with E-state index < -0.39 is 0 Å². The summed E-state index contributed by atoms with van der Waals surface area (Å²) in [5.41, 5.74) is 4.41. The van der Waals surface area contributed by atoms with E-state index in [4.69, 9.17) is 0 Å². The standard InChI is InChI=1S/C8H17N2/c1-3-7-10(9-4-2)8-5-6-8/h8H,3-7H2,1-2H3. The van der Waals surface area contributed by atoms with Crippen molar-refractivity contribution in [1.82, 2.24) is 10.4 Å². The second-order valence-electron chi connectivity index (χ2n) is 2.85. The van der Waals surface area contributed by atoms with Gasteiger partial charge in [0.1, 0.15) is 0 Å². The highest BCUT2D eigenvalue weighted by atomic mass is 15.5. The van der Waals surface area contributed by atoms with Gasteiger partial charge in [-0.1, -0.05) is 6.92 Å². The van der Waals surface area contributed by atoms with E-state index in [1.807, 2.05) is 0 Å². The molecule has 0 atom stereocenters. The lowest BCUT2D eigenvalue weighted by molar-refractivity contribution is 0.174. The molecule has 1 saturated carbocycles. The van der Waals surface area contributed by atoms with Gasteiger partial charge < -0.3 is 0 Å². The fourth-order valence-electron chi connectivity index (χ4n) is 1.15. The van der Waals surface area contributed by atoms with Crippen LogP contribution in [0, 0.1) is 0 Å². The molecule has 1 rings (SSSR count). The molecule has 1 radical (unpaired) electrons. The SMILES string of the molecule is CCCN([N]CC)C1CC1. The predicted octanol–water partition coefficient (Wildman–Crippen LogP) is 1.40. The van der Waals surface area contributed by atoms with Crippen molar-refractivity contribution in [2.45, 2.75) is 39.2 Å². The van der Waals surface area contributed by atoms with Crippen LogP contribution in [0.25, 0.3) is 0 Å². The molecule has 10 heavy (non-hydrogen) atoms. The van der Waals surface area contributed by atoms with Crippen molar-refractivity contribution in [1.29, 1.82) is 0 Å². The monoisotopic (exact) mass is 141 g/mol. The fourth-order valence-corrected chi connectivity index (χ4v) is 1.15. The van der Waals surface area contributed by atoms with E-state index >= 15 is 0 Å². The number of hydrogen-bond acceptors (Lipinski definition) is 1. The zero-order chi connectivity index (χ0) is 7.40. The molecule has 0 aromatic carbocycles. The lowest BCUT2D eigenvalue weighted by Crippen LogP contribution is -2.34. The highest BCUT2D eigenvalue weighted by molar-refractivity contribution is 4.81. The Bertz CT molecular complexity index is 83.3. The third kappa shape index (κ3) is 2.27. The van der Waals surface area contributed by atoms with Crippen molar-refractivity contribution in [2.24, 2.45) is 0 Å². The van der Waals surface area contributed by atoms with Gasteiger partial charge in [0.2, 0.25) is 0 Å². The van der Waals surface area contributed by atoms with Gasteiger partial charge in [-0.05, 0) is 26.2 Å². The van der Waals surface area contributed by atoms with Crippen LogP contribution < -0.4 is 5.43 Å². The van der Waals surface area contributed by atoms with Gasteiger partial charge in [0.15, 0.2) is 0 Å². The van der Waals surface area contributed by atoms with E-state index in [1.165, 1.54) is 19.3 Å². The van der Waals surface area contributed by atoms with E-state index in [-0.39, 0.29) is 0 Å². The topological polar surface area (TPSA) is 17.3 Å². The summed E-state index contributed by atoms with van der Waals surface area (Å²) in [5.74, 6) is 0. The molecule has 0 unspecified atom stereocenters. The smallest absolute Gasteiger partial charge is 0.0278 e. The van der Waals surface area contributed by atoms with Crippen molar-refractivity contribution in [3.63, 3.8) is 0 Å². The maximum Gasteiger partial charge on any atom is 0.0278 e. The summed E-state index contributed by atoms with van der Waals surface area (Å²) >= 11 is 0. The number of rotatable bonds is 5. The van der Waals surface area contributed by atoms with E-state index in [0.29, 0.717) is 0 Å². The zero-order valence-electron chi connectivity index (χ0n) is 7.01. The summed E-state index contributed by atoms with van der Waals surface area (Å²) < 4.78 is 0. The highest BCUT2D eigenvalue weighted by Gasteiger charge is 2.28. The van der Waals surface area contributed by atoms with Crippen molar-refractivity contribution >= 4 is 0 Å². The highest BCUT2D eigenvalue weighted by Crippen LogP contribution is 2.25. The Kier molecular flexibility index (Phi) is 3.16. The van der Waals surface area contributed by atoms with Gasteiger partial charge in [0, 0.05) is 19.1 Å². The Morgan fingerprint density at radius 1 is 1.40 bits per heavy atom. The molecule has 0 heterocycles. The maximum absolute atomic E-state index is 4.41. The van der Waals surface area contributed by atoms with Crippen LogP contribution >= 0.6 is 0 Å². The molecule has 59 valence electrons. The lowest BCUT2D eigenvalue weighted by Gasteiger charge is -2.18. The predicted molar refractivity (Wildman–Crippen MR) is 42.7 cm³/mol. The third-order valence-electron chi connectivity index (χ3n) is 1.74. The Morgan fingerprint density at radius 2 is 2.10 bits per heavy atom. The quantitative estimate of drug-likeness (QED) is 0.529. The zero-order valence-corrected chi connectivity index (χ0v) is 7.01. The molecule has 0 aromatic rings. The van der Waals surface area contributed by atoms with Crippen LogP contribution in [0.3, 0.4) is 0 Å². The van der Waals surface area contributed by atoms with Crippen LogP contribution in [0.4, 0.5) is 0 Å².